The monoisotopic (exact) mass is 573 g/mol. The molecule has 1 unspecified atom stereocenters. The lowest BCUT2D eigenvalue weighted by Crippen LogP contribution is -2.39. The Balaban J connectivity index is 1.97. The first kappa shape index (κ1) is 31.0. The molecule has 3 N–H and O–H groups in total. The Kier molecular flexibility index (Phi) is 11.1. The number of nitrogens with zero attached hydrogens (tertiary/aromatic N) is 2. The Labute approximate surface area is 224 Å². The van der Waals surface area contributed by atoms with Crippen LogP contribution in [-0.4, -0.2) is 52.9 Å². The molecule has 210 valence electrons. The zero-order valence-corrected chi connectivity index (χ0v) is 21.1. The fourth-order valence-electron chi connectivity index (χ4n) is 3.12. The summed E-state index contributed by atoms with van der Waals surface area (Å²) >= 11 is 5.76. The largest absolute Gasteiger partial charge is 0.491 e. The maximum Gasteiger partial charge on any atom is 0.491 e. The molecule has 1 atom stereocenters. The first-order valence-electron chi connectivity index (χ1n) is 11.2. The molecule has 0 aliphatic carbocycles. The van der Waals surface area contributed by atoms with Crippen molar-refractivity contribution >= 4 is 46.9 Å². The minimum atomic E-state index is -5.44. The van der Waals surface area contributed by atoms with Crippen LogP contribution in [0.1, 0.15) is 36.4 Å². The van der Waals surface area contributed by atoms with E-state index in [1.807, 2.05) is 19.1 Å². The van der Waals surface area contributed by atoms with Gasteiger partial charge in [-0.3, -0.25) is 24.5 Å². The maximum absolute atomic E-state index is 12.4. The smallest absolute Gasteiger partial charge is 0.386 e. The molecule has 39 heavy (non-hydrogen) atoms. The van der Waals surface area contributed by atoms with Crippen LogP contribution in [0, 0.1) is 17.0 Å². The van der Waals surface area contributed by atoms with E-state index in [9.17, 15) is 42.5 Å². The van der Waals surface area contributed by atoms with Crippen molar-refractivity contribution in [1.29, 1.82) is 0 Å². The van der Waals surface area contributed by atoms with Crippen LogP contribution in [0.3, 0.4) is 0 Å². The molecule has 0 spiro atoms. The normalized spacial score (nSPS) is 11.7. The van der Waals surface area contributed by atoms with Crippen LogP contribution in [0.25, 0.3) is 0 Å². The number of nitro groups is 1. The van der Waals surface area contributed by atoms with Crippen molar-refractivity contribution in [2.45, 2.75) is 38.4 Å². The van der Waals surface area contributed by atoms with Gasteiger partial charge in [0.2, 0.25) is 11.8 Å². The molecule has 2 rings (SSSR count). The topological polar surface area (TPSA) is 170 Å². The fourth-order valence-corrected chi connectivity index (χ4v) is 3.31. The third-order valence-electron chi connectivity index (χ3n) is 4.96. The number of carbonyl (C=O) groups excluding carboxylic acids is 4. The second kappa shape index (κ2) is 14.0. The van der Waals surface area contributed by atoms with Crippen LogP contribution >= 0.6 is 11.6 Å². The lowest BCUT2D eigenvalue weighted by molar-refractivity contribution is -0.384. The Bertz CT molecular complexity index is 1240. The molecule has 0 fully saturated rings. The van der Waals surface area contributed by atoms with E-state index in [0.717, 1.165) is 17.7 Å². The van der Waals surface area contributed by atoms with E-state index in [2.05, 4.69) is 25.7 Å². The second-order valence-electron chi connectivity index (χ2n) is 8.08. The molecule has 0 aliphatic rings. The Morgan fingerprint density at radius 1 is 1.15 bits per heavy atom. The molecule has 1 aromatic carbocycles. The highest BCUT2D eigenvalue weighted by Crippen LogP contribution is 2.29. The van der Waals surface area contributed by atoms with Gasteiger partial charge in [0.25, 0.3) is 5.69 Å². The average Bonchev–Trinajstić information content (AvgIpc) is 2.84. The molecule has 1 heterocycles. The highest BCUT2D eigenvalue weighted by Gasteiger charge is 2.42. The summed E-state index contributed by atoms with van der Waals surface area (Å²) in [5.74, 6) is -5.14. The number of aryl methyl sites for hydroxylation is 1. The summed E-state index contributed by atoms with van der Waals surface area (Å²) in [4.78, 5) is 61.9. The molecule has 16 heteroatoms. The standard InChI is InChI=1S/C23H23ClF3N5O7/c1-13-6-8-29-18(9-13)28-7-2-3-19(33)30-12-20(34)31-16(11-21(35)39-22(36)23(25,26)27)14-4-5-15(24)17(10-14)32(37)38/h4-6,8-10,16H,2-3,7,11-12H2,1H3,(H,28,29)(H,30,33)(H,31,34). The number of aromatic nitrogens is 1. The SMILES string of the molecule is Cc1ccnc(NCCCC(=O)NCC(=O)NC(CC(=O)OC(=O)C(F)(F)F)c2ccc(Cl)c([N+](=O)[O-])c2)c1. The van der Waals surface area contributed by atoms with Crippen LogP contribution in [-0.2, 0) is 23.9 Å². The molecule has 0 saturated carbocycles. The predicted molar refractivity (Wildman–Crippen MR) is 130 cm³/mol. The van der Waals surface area contributed by atoms with Gasteiger partial charge in [0.1, 0.15) is 10.8 Å². The number of rotatable bonds is 12. The zero-order valence-electron chi connectivity index (χ0n) is 20.3. The van der Waals surface area contributed by atoms with E-state index in [-0.39, 0.29) is 17.0 Å². The van der Waals surface area contributed by atoms with Gasteiger partial charge in [-0.2, -0.15) is 13.2 Å². The summed E-state index contributed by atoms with van der Waals surface area (Å²) in [7, 11) is 0. The van der Waals surface area contributed by atoms with Gasteiger partial charge in [-0.1, -0.05) is 17.7 Å². The summed E-state index contributed by atoms with van der Waals surface area (Å²) in [6, 6.07) is 5.38. The van der Waals surface area contributed by atoms with E-state index in [1.165, 1.54) is 6.07 Å². The van der Waals surface area contributed by atoms with Crippen molar-refractivity contribution < 1.29 is 42.0 Å². The Morgan fingerprint density at radius 3 is 2.51 bits per heavy atom. The number of pyridine rings is 1. The van der Waals surface area contributed by atoms with Gasteiger partial charge in [-0.25, -0.2) is 9.78 Å². The first-order chi connectivity index (χ1) is 18.3. The number of halogens is 4. The van der Waals surface area contributed by atoms with Crippen LogP contribution < -0.4 is 16.0 Å². The van der Waals surface area contributed by atoms with E-state index >= 15 is 0 Å². The van der Waals surface area contributed by atoms with Gasteiger partial charge in [0.05, 0.1) is 23.9 Å². The average molecular weight is 574 g/mol. The number of alkyl halides is 3. The van der Waals surface area contributed by atoms with Crippen molar-refractivity contribution in [3.05, 3.63) is 62.8 Å². The molecule has 2 amide bonds. The molecule has 0 saturated heterocycles. The van der Waals surface area contributed by atoms with Gasteiger partial charge >= 0.3 is 18.1 Å². The highest BCUT2D eigenvalue weighted by molar-refractivity contribution is 6.32. The van der Waals surface area contributed by atoms with Gasteiger partial charge in [-0.15, -0.1) is 0 Å². The van der Waals surface area contributed by atoms with Gasteiger partial charge in [0.15, 0.2) is 0 Å². The summed E-state index contributed by atoms with van der Waals surface area (Å²) in [5, 5.41) is 18.6. The fraction of sp³-hybridized carbons (Fsp3) is 0.348. The van der Waals surface area contributed by atoms with E-state index in [1.54, 1.807) is 6.20 Å². The summed E-state index contributed by atoms with van der Waals surface area (Å²) < 4.78 is 41.0. The number of anilines is 1. The van der Waals surface area contributed by atoms with Gasteiger partial charge in [0, 0.05) is 25.2 Å². The van der Waals surface area contributed by atoms with Crippen molar-refractivity contribution in [1.82, 2.24) is 15.6 Å². The quantitative estimate of drug-likeness (QED) is 0.113. The number of hydrogen-bond acceptors (Lipinski definition) is 9. The van der Waals surface area contributed by atoms with Gasteiger partial charge < -0.3 is 20.7 Å². The van der Waals surface area contributed by atoms with E-state index in [0.29, 0.717) is 18.8 Å². The summed E-state index contributed by atoms with van der Waals surface area (Å²) in [5.41, 5.74) is 0.317. The molecular formula is C23H23ClF3N5O7. The molecule has 2 aromatic rings. The number of nitro benzene ring substituents is 1. The third kappa shape index (κ3) is 10.6. The first-order valence-corrected chi connectivity index (χ1v) is 11.6. The number of esters is 2. The number of hydrogen-bond donors (Lipinski definition) is 3. The van der Waals surface area contributed by atoms with Crippen LogP contribution in [0.15, 0.2) is 36.5 Å². The number of nitrogens with one attached hydrogen (secondary N) is 3. The summed E-state index contributed by atoms with van der Waals surface area (Å²) in [6.07, 6.45) is -4.35. The van der Waals surface area contributed by atoms with Crippen molar-refractivity contribution in [3.63, 3.8) is 0 Å². The lowest BCUT2D eigenvalue weighted by Gasteiger charge is -2.19. The van der Waals surface area contributed by atoms with E-state index < -0.39 is 59.5 Å². The second-order valence-corrected chi connectivity index (χ2v) is 8.48. The molecule has 0 bridgehead atoms. The van der Waals surface area contributed by atoms with Crippen LogP contribution in [0.5, 0.6) is 0 Å². The van der Waals surface area contributed by atoms with Gasteiger partial charge in [-0.05, 0) is 42.7 Å². The number of carbonyl (C=O) groups is 4. The highest BCUT2D eigenvalue weighted by atomic mass is 35.5. The van der Waals surface area contributed by atoms with Crippen molar-refractivity contribution in [2.75, 3.05) is 18.4 Å². The minimum Gasteiger partial charge on any atom is -0.386 e. The van der Waals surface area contributed by atoms with Crippen molar-refractivity contribution in [3.8, 4) is 0 Å². The molecule has 12 nitrogen and oxygen atoms in total. The van der Waals surface area contributed by atoms with Crippen molar-refractivity contribution in [2.24, 2.45) is 0 Å². The predicted octanol–water partition coefficient (Wildman–Crippen LogP) is 3.14. The molecular weight excluding hydrogens is 551 g/mol. The Morgan fingerprint density at radius 2 is 1.87 bits per heavy atom. The molecule has 0 radical (unpaired) electrons. The van der Waals surface area contributed by atoms with Crippen LogP contribution in [0.2, 0.25) is 5.02 Å². The number of benzene rings is 1. The number of ether oxygens (including phenoxy) is 1. The minimum absolute atomic E-state index is 0.0464. The summed E-state index contributed by atoms with van der Waals surface area (Å²) in [6.45, 7) is 1.75. The Hall–Kier alpha value is -4.27. The molecule has 1 aromatic heterocycles. The maximum atomic E-state index is 12.4. The third-order valence-corrected chi connectivity index (χ3v) is 5.28. The van der Waals surface area contributed by atoms with Crippen LogP contribution in [0.4, 0.5) is 24.7 Å². The molecule has 0 aliphatic heterocycles. The number of amides is 2. The van der Waals surface area contributed by atoms with E-state index in [4.69, 9.17) is 11.6 Å². The zero-order chi connectivity index (χ0) is 29.2. The lowest BCUT2D eigenvalue weighted by atomic mass is 10.0.